The molecule has 2 unspecified atom stereocenters. The van der Waals surface area contributed by atoms with Gasteiger partial charge in [-0.25, -0.2) is 4.57 Å². The van der Waals surface area contributed by atoms with Crippen LogP contribution < -0.4 is 5.32 Å². The van der Waals surface area contributed by atoms with E-state index in [1.54, 1.807) is 0 Å². The van der Waals surface area contributed by atoms with E-state index in [-0.39, 0.29) is 32.1 Å². The number of unbranched alkanes of at least 4 members (excludes halogenated alkanes) is 11. The van der Waals surface area contributed by atoms with Gasteiger partial charge in [0.2, 0.25) is 5.91 Å². The Labute approximate surface area is 316 Å². The number of carbonyl (C=O) groups is 2. The Morgan fingerprint density at radius 2 is 1.08 bits per heavy atom. The van der Waals surface area contributed by atoms with Gasteiger partial charge in [-0.2, -0.15) is 0 Å². The van der Waals surface area contributed by atoms with Crippen molar-refractivity contribution in [3.63, 3.8) is 0 Å². The summed E-state index contributed by atoms with van der Waals surface area (Å²) in [6, 6.07) is 0. The van der Waals surface area contributed by atoms with Crippen LogP contribution in [-0.2, 0) is 27.9 Å². The lowest BCUT2D eigenvalue weighted by molar-refractivity contribution is -0.147. The highest BCUT2D eigenvalue weighted by Crippen LogP contribution is 2.42. The molecule has 0 fully saturated rings. The van der Waals surface area contributed by atoms with Gasteiger partial charge in [-0.05, 0) is 51.4 Å². The first-order chi connectivity index (χ1) is 25.3. The number of phosphoric acid groups is 1. The Balaban J connectivity index is 3.75. The minimum absolute atomic E-state index is 0.0714. The van der Waals surface area contributed by atoms with Gasteiger partial charge in [0.15, 0.2) is 0 Å². The van der Waals surface area contributed by atoms with Crippen LogP contribution in [0.25, 0.3) is 0 Å². The van der Waals surface area contributed by atoms with Crippen LogP contribution in [0.5, 0.6) is 0 Å². The van der Waals surface area contributed by atoms with Gasteiger partial charge in [0.25, 0.3) is 0 Å². The third-order valence-corrected chi connectivity index (χ3v) is 8.90. The largest absolute Gasteiger partial charge is 0.472 e. The summed E-state index contributed by atoms with van der Waals surface area (Å²) in [5.41, 5.74) is 0. The standard InChI is InChI=1S/C42H72NO8P/c1-3-5-7-9-11-13-15-17-18-19-20-21-22-23-25-27-29-31-33-35-42(46)49-38-40(44)39-51-52(47,48)50-37-36-43-41(45)34-32-30-28-26-24-16-14-12-10-8-6-4-2/h5,7,11,13,17-18,20-21,23,25,29,31,40,44H,3-4,6,8-10,12,14-16,19,22,24,26-28,30,32-39H2,1-2H3,(H,43,45)(H,47,48)/b7-5-,13-11-,18-17-,21-20-,25-23-,31-29-. The number of nitrogens with one attached hydrogen (secondary N) is 1. The minimum atomic E-state index is -4.43. The maximum Gasteiger partial charge on any atom is 0.472 e. The summed E-state index contributed by atoms with van der Waals surface area (Å²) in [4.78, 5) is 33.8. The van der Waals surface area contributed by atoms with Gasteiger partial charge in [-0.3, -0.25) is 18.6 Å². The number of allylic oxidation sites excluding steroid dienone is 12. The monoisotopic (exact) mass is 749 g/mol. The fourth-order valence-electron chi connectivity index (χ4n) is 4.93. The van der Waals surface area contributed by atoms with Crippen molar-refractivity contribution in [2.24, 2.45) is 0 Å². The van der Waals surface area contributed by atoms with Crippen LogP contribution in [0, 0.1) is 0 Å². The lowest BCUT2D eigenvalue weighted by Gasteiger charge is -2.15. The van der Waals surface area contributed by atoms with Crippen LogP contribution in [0.4, 0.5) is 0 Å². The number of esters is 1. The number of hydrogen-bond acceptors (Lipinski definition) is 7. The van der Waals surface area contributed by atoms with Gasteiger partial charge >= 0.3 is 13.8 Å². The Hall–Kier alpha value is -2.55. The second kappa shape index (κ2) is 38.2. The van der Waals surface area contributed by atoms with E-state index in [9.17, 15) is 24.2 Å². The van der Waals surface area contributed by atoms with E-state index in [0.717, 1.165) is 57.8 Å². The number of aliphatic hydroxyl groups is 1. The van der Waals surface area contributed by atoms with Crippen molar-refractivity contribution in [3.8, 4) is 0 Å². The van der Waals surface area contributed by atoms with E-state index in [4.69, 9.17) is 13.8 Å². The van der Waals surface area contributed by atoms with Gasteiger partial charge in [-0.1, -0.05) is 157 Å². The van der Waals surface area contributed by atoms with Gasteiger partial charge in [0.05, 0.1) is 13.2 Å². The van der Waals surface area contributed by atoms with Crippen molar-refractivity contribution < 1.29 is 37.9 Å². The number of amides is 1. The van der Waals surface area contributed by atoms with Crippen LogP contribution in [0.1, 0.15) is 149 Å². The molecule has 0 aromatic carbocycles. The summed E-state index contributed by atoms with van der Waals surface area (Å²) < 4.78 is 26.7. The number of hydrogen-bond donors (Lipinski definition) is 3. The maximum atomic E-state index is 12.1. The highest BCUT2D eigenvalue weighted by molar-refractivity contribution is 7.47. The molecule has 10 heteroatoms. The lowest BCUT2D eigenvalue weighted by atomic mass is 10.0. The molecule has 0 aromatic rings. The zero-order valence-corrected chi connectivity index (χ0v) is 33.4. The minimum Gasteiger partial charge on any atom is -0.463 e. The SMILES string of the molecule is CC/C=C\C/C=C\C/C=C\C/C=C\C/C=C\C/C=C\CCC(=O)OCC(O)COP(=O)(O)OCCNC(=O)CCCCCCCCCCCCCC. The topological polar surface area (TPSA) is 131 Å². The summed E-state index contributed by atoms with van der Waals surface area (Å²) in [6.07, 6.45) is 45.6. The Kier molecular flexibility index (Phi) is 36.3. The molecule has 0 aliphatic rings. The van der Waals surface area contributed by atoms with E-state index in [0.29, 0.717) is 12.8 Å². The van der Waals surface area contributed by atoms with E-state index in [1.165, 1.54) is 57.8 Å². The van der Waals surface area contributed by atoms with E-state index >= 15 is 0 Å². The van der Waals surface area contributed by atoms with Crippen molar-refractivity contribution >= 4 is 19.7 Å². The molecule has 2 atom stereocenters. The summed E-state index contributed by atoms with van der Waals surface area (Å²) in [7, 11) is -4.43. The van der Waals surface area contributed by atoms with Crippen LogP contribution in [0.3, 0.4) is 0 Å². The van der Waals surface area contributed by atoms with Crippen molar-refractivity contribution in [3.05, 3.63) is 72.9 Å². The third-order valence-electron chi connectivity index (χ3n) is 7.91. The van der Waals surface area contributed by atoms with Gasteiger partial charge in [0.1, 0.15) is 12.7 Å². The number of aliphatic hydroxyl groups excluding tert-OH is 1. The van der Waals surface area contributed by atoms with Gasteiger partial charge in [0, 0.05) is 19.4 Å². The Bertz CT molecular complexity index is 1080. The van der Waals surface area contributed by atoms with E-state index < -0.39 is 26.5 Å². The zero-order valence-electron chi connectivity index (χ0n) is 32.5. The highest BCUT2D eigenvalue weighted by atomic mass is 31.2. The number of carbonyl (C=O) groups excluding carboxylic acids is 2. The lowest BCUT2D eigenvalue weighted by Crippen LogP contribution is -2.27. The normalized spacial score (nSPS) is 14.2. The summed E-state index contributed by atoms with van der Waals surface area (Å²) >= 11 is 0. The molecule has 0 spiro atoms. The average Bonchev–Trinajstić information content (AvgIpc) is 3.13. The molecule has 52 heavy (non-hydrogen) atoms. The van der Waals surface area contributed by atoms with Crippen molar-refractivity contribution in [1.82, 2.24) is 5.32 Å². The molecule has 9 nitrogen and oxygen atoms in total. The first-order valence-electron chi connectivity index (χ1n) is 19.9. The predicted octanol–water partition coefficient (Wildman–Crippen LogP) is 10.7. The number of rotatable bonds is 36. The molecule has 0 aliphatic carbocycles. The number of ether oxygens (including phenoxy) is 1. The molecule has 298 valence electrons. The highest BCUT2D eigenvalue weighted by Gasteiger charge is 2.23. The molecular formula is C42H72NO8P. The summed E-state index contributed by atoms with van der Waals surface area (Å²) in [6.45, 7) is 3.33. The molecule has 0 saturated heterocycles. The molecule has 1 amide bonds. The average molecular weight is 750 g/mol. The summed E-state index contributed by atoms with van der Waals surface area (Å²) in [5.74, 6) is -0.608. The van der Waals surface area contributed by atoms with E-state index in [2.05, 4.69) is 79.9 Å². The maximum absolute atomic E-state index is 12.1. The fourth-order valence-corrected chi connectivity index (χ4v) is 5.69. The molecule has 0 rings (SSSR count). The Morgan fingerprint density at radius 3 is 1.58 bits per heavy atom. The molecule has 0 aromatic heterocycles. The molecule has 0 bridgehead atoms. The molecule has 0 aliphatic heterocycles. The molecule has 3 N–H and O–H groups in total. The Morgan fingerprint density at radius 1 is 0.615 bits per heavy atom. The molecule has 0 radical (unpaired) electrons. The molecular weight excluding hydrogens is 677 g/mol. The second-order valence-electron chi connectivity index (χ2n) is 12.9. The van der Waals surface area contributed by atoms with Gasteiger partial charge < -0.3 is 20.1 Å². The third kappa shape index (κ3) is 38.7. The summed E-state index contributed by atoms with van der Waals surface area (Å²) in [5, 5.41) is 12.6. The van der Waals surface area contributed by atoms with Crippen LogP contribution in [-0.4, -0.2) is 54.3 Å². The quantitative estimate of drug-likeness (QED) is 0.0250. The first kappa shape index (κ1) is 49.5. The predicted molar refractivity (Wildman–Crippen MR) is 215 cm³/mol. The molecule has 0 heterocycles. The second-order valence-corrected chi connectivity index (χ2v) is 14.3. The first-order valence-corrected chi connectivity index (χ1v) is 21.4. The van der Waals surface area contributed by atoms with Crippen LogP contribution in [0.2, 0.25) is 0 Å². The van der Waals surface area contributed by atoms with Crippen molar-refractivity contribution in [2.45, 2.75) is 155 Å². The van der Waals surface area contributed by atoms with Gasteiger partial charge in [-0.15, -0.1) is 0 Å². The van der Waals surface area contributed by atoms with Crippen LogP contribution in [0.15, 0.2) is 72.9 Å². The number of phosphoric ester groups is 1. The smallest absolute Gasteiger partial charge is 0.463 e. The van der Waals surface area contributed by atoms with Crippen molar-refractivity contribution in [1.29, 1.82) is 0 Å². The molecule has 0 saturated carbocycles. The fraction of sp³-hybridized carbons (Fsp3) is 0.667. The van der Waals surface area contributed by atoms with Crippen LogP contribution >= 0.6 is 7.82 Å². The van der Waals surface area contributed by atoms with E-state index in [1.807, 2.05) is 12.2 Å². The zero-order chi connectivity index (χ0) is 38.2. The van der Waals surface area contributed by atoms with Crippen molar-refractivity contribution in [2.75, 3.05) is 26.4 Å².